The van der Waals surface area contributed by atoms with Crippen molar-refractivity contribution in [2.75, 3.05) is 13.2 Å². The maximum Gasteiger partial charge on any atom is 0.109 e. The van der Waals surface area contributed by atoms with Crippen LogP contribution < -0.4 is 5.73 Å². The van der Waals surface area contributed by atoms with Crippen molar-refractivity contribution < 1.29 is 4.39 Å². The predicted molar refractivity (Wildman–Crippen MR) is 66.4 cm³/mol. The molecular formula is C13H16FN3. The molecule has 4 heteroatoms. The summed E-state index contributed by atoms with van der Waals surface area (Å²) in [4.78, 5) is 0. The van der Waals surface area contributed by atoms with Gasteiger partial charge in [-0.1, -0.05) is 30.3 Å². The number of halogens is 1. The Morgan fingerprint density at radius 1 is 1.24 bits per heavy atom. The minimum atomic E-state index is -0.409. The molecule has 0 atom stereocenters. The molecule has 0 aliphatic heterocycles. The summed E-state index contributed by atoms with van der Waals surface area (Å²) >= 11 is 0. The lowest BCUT2D eigenvalue weighted by Gasteiger charge is -2.02. The predicted octanol–water partition coefficient (Wildman–Crippen LogP) is 2.02. The third-order valence-electron chi connectivity index (χ3n) is 2.63. The molecule has 1 heterocycles. The molecule has 1 aromatic carbocycles. The topological polar surface area (TPSA) is 43.8 Å². The van der Waals surface area contributed by atoms with Gasteiger partial charge in [0.2, 0.25) is 0 Å². The Hall–Kier alpha value is -1.68. The highest BCUT2D eigenvalue weighted by molar-refractivity contribution is 5.59. The van der Waals surface area contributed by atoms with E-state index in [-0.39, 0.29) is 0 Å². The number of benzene rings is 1. The van der Waals surface area contributed by atoms with E-state index in [9.17, 15) is 4.39 Å². The third-order valence-corrected chi connectivity index (χ3v) is 2.63. The van der Waals surface area contributed by atoms with Crippen LogP contribution in [0.4, 0.5) is 4.39 Å². The van der Waals surface area contributed by atoms with Gasteiger partial charge in [-0.25, -0.2) is 4.39 Å². The van der Waals surface area contributed by atoms with Crippen LogP contribution in [0.5, 0.6) is 0 Å². The summed E-state index contributed by atoms with van der Waals surface area (Å²) < 4.78 is 14.1. The fraction of sp³-hybridized carbons (Fsp3) is 0.308. The molecule has 0 amide bonds. The second-order valence-corrected chi connectivity index (χ2v) is 3.84. The number of hydrogen-bond acceptors (Lipinski definition) is 2. The summed E-state index contributed by atoms with van der Waals surface area (Å²) in [5.41, 5.74) is 8.45. The van der Waals surface area contributed by atoms with Gasteiger partial charge in [-0.15, -0.1) is 0 Å². The average molecular weight is 233 g/mol. The summed E-state index contributed by atoms with van der Waals surface area (Å²) in [7, 11) is 0. The van der Waals surface area contributed by atoms with Crippen LogP contribution in [-0.4, -0.2) is 23.0 Å². The van der Waals surface area contributed by atoms with Gasteiger partial charge in [-0.3, -0.25) is 4.68 Å². The third kappa shape index (κ3) is 2.71. The largest absolute Gasteiger partial charge is 0.330 e. The molecule has 0 aliphatic carbocycles. The van der Waals surface area contributed by atoms with Crippen molar-refractivity contribution in [2.24, 2.45) is 5.73 Å². The van der Waals surface area contributed by atoms with Gasteiger partial charge in [0.15, 0.2) is 0 Å². The van der Waals surface area contributed by atoms with Crippen LogP contribution in [0.15, 0.2) is 36.4 Å². The van der Waals surface area contributed by atoms with Crippen LogP contribution in [0, 0.1) is 0 Å². The lowest BCUT2D eigenvalue weighted by Crippen LogP contribution is -2.11. The van der Waals surface area contributed by atoms with Crippen molar-refractivity contribution in [1.29, 1.82) is 0 Å². The molecule has 0 radical (unpaired) electrons. The molecule has 0 aliphatic rings. The second-order valence-electron chi connectivity index (χ2n) is 3.84. The van der Waals surface area contributed by atoms with E-state index < -0.39 is 6.67 Å². The maximum absolute atomic E-state index is 12.4. The van der Waals surface area contributed by atoms with Crippen LogP contribution in [0.3, 0.4) is 0 Å². The zero-order valence-electron chi connectivity index (χ0n) is 9.64. The van der Waals surface area contributed by atoms with Crippen molar-refractivity contribution in [3.63, 3.8) is 0 Å². The monoisotopic (exact) mass is 233 g/mol. The van der Waals surface area contributed by atoms with E-state index in [2.05, 4.69) is 5.10 Å². The Balaban J connectivity index is 2.33. The fourth-order valence-corrected chi connectivity index (χ4v) is 1.83. The summed E-state index contributed by atoms with van der Waals surface area (Å²) in [6, 6.07) is 11.9. The Kier molecular flexibility index (Phi) is 3.88. The van der Waals surface area contributed by atoms with E-state index in [1.165, 1.54) is 0 Å². The fourth-order valence-electron chi connectivity index (χ4n) is 1.83. The molecule has 0 saturated carbocycles. The van der Waals surface area contributed by atoms with Gasteiger partial charge in [0.1, 0.15) is 6.67 Å². The molecule has 0 saturated heterocycles. The molecule has 17 heavy (non-hydrogen) atoms. The van der Waals surface area contributed by atoms with Crippen molar-refractivity contribution in [3.05, 3.63) is 42.1 Å². The van der Waals surface area contributed by atoms with E-state index in [0.29, 0.717) is 13.1 Å². The highest BCUT2D eigenvalue weighted by atomic mass is 19.1. The van der Waals surface area contributed by atoms with E-state index in [1.807, 2.05) is 36.4 Å². The first-order chi connectivity index (χ1) is 8.35. The first-order valence-electron chi connectivity index (χ1n) is 5.73. The molecule has 0 fully saturated rings. The van der Waals surface area contributed by atoms with Crippen molar-refractivity contribution in [2.45, 2.75) is 13.0 Å². The van der Waals surface area contributed by atoms with Crippen LogP contribution in [0.2, 0.25) is 0 Å². The van der Waals surface area contributed by atoms with Gasteiger partial charge >= 0.3 is 0 Å². The smallest absolute Gasteiger partial charge is 0.109 e. The van der Waals surface area contributed by atoms with Gasteiger partial charge in [-0.2, -0.15) is 5.10 Å². The number of hydrogen-bond donors (Lipinski definition) is 1. The van der Waals surface area contributed by atoms with Gasteiger partial charge < -0.3 is 5.73 Å². The summed E-state index contributed by atoms with van der Waals surface area (Å²) in [5, 5.41) is 4.41. The molecule has 0 bridgehead atoms. The number of rotatable bonds is 5. The van der Waals surface area contributed by atoms with Crippen molar-refractivity contribution in [3.8, 4) is 11.3 Å². The quantitative estimate of drug-likeness (QED) is 0.858. The lowest BCUT2D eigenvalue weighted by atomic mass is 10.1. The van der Waals surface area contributed by atoms with Crippen LogP contribution in [0.25, 0.3) is 11.3 Å². The number of aryl methyl sites for hydroxylation is 1. The normalized spacial score (nSPS) is 10.7. The van der Waals surface area contributed by atoms with Gasteiger partial charge in [0, 0.05) is 17.7 Å². The number of nitrogens with two attached hydrogens (primary N) is 1. The highest BCUT2D eigenvalue weighted by Gasteiger charge is 2.08. The Bertz CT molecular complexity index is 441. The summed E-state index contributed by atoms with van der Waals surface area (Å²) in [6.45, 7) is 0.432. The standard InChI is InChI=1S/C13H16FN3/c14-7-9-17-12(6-8-15)10-13(16-17)11-4-2-1-3-5-11/h1-5,10H,6-9,15H2. The SMILES string of the molecule is NCCc1cc(-c2ccccc2)nn1CCF. The molecule has 2 aromatic rings. The zero-order valence-corrected chi connectivity index (χ0v) is 9.64. The van der Waals surface area contributed by atoms with Gasteiger partial charge in [-0.05, 0) is 12.6 Å². The molecule has 0 unspecified atom stereocenters. The number of alkyl halides is 1. The molecule has 2 rings (SSSR count). The first-order valence-corrected chi connectivity index (χ1v) is 5.73. The van der Waals surface area contributed by atoms with Crippen LogP contribution >= 0.6 is 0 Å². The number of aromatic nitrogens is 2. The van der Waals surface area contributed by atoms with Crippen molar-refractivity contribution >= 4 is 0 Å². The minimum absolute atomic E-state index is 0.294. The molecule has 0 spiro atoms. The van der Waals surface area contributed by atoms with Gasteiger partial charge in [0.25, 0.3) is 0 Å². The van der Waals surface area contributed by atoms with E-state index in [1.54, 1.807) is 4.68 Å². The Morgan fingerprint density at radius 2 is 2.00 bits per heavy atom. The zero-order chi connectivity index (χ0) is 12.1. The molecule has 3 nitrogen and oxygen atoms in total. The molecule has 1 aromatic heterocycles. The highest BCUT2D eigenvalue weighted by Crippen LogP contribution is 2.19. The summed E-state index contributed by atoms with van der Waals surface area (Å²) in [5.74, 6) is 0. The minimum Gasteiger partial charge on any atom is -0.330 e. The average Bonchev–Trinajstić information content (AvgIpc) is 2.75. The van der Waals surface area contributed by atoms with Gasteiger partial charge in [0.05, 0.1) is 12.2 Å². The number of nitrogens with zero attached hydrogens (tertiary/aromatic N) is 2. The molecule has 2 N–H and O–H groups in total. The Morgan fingerprint density at radius 3 is 2.65 bits per heavy atom. The van der Waals surface area contributed by atoms with Crippen LogP contribution in [0.1, 0.15) is 5.69 Å². The Labute approximate surface area is 100 Å². The second kappa shape index (κ2) is 5.59. The van der Waals surface area contributed by atoms with Crippen LogP contribution in [-0.2, 0) is 13.0 Å². The molecular weight excluding hydrogens is 217 g/mol. The first kappa shape index (κ1) is 11.8. The van der Waals surface area contributed by atoms with E-state index >= 15 is 0 Å². The lowest BCUT2D eigenvalue weighted by molar-refractivity contribution is 0.420. The van der Waals surface area contributed by atoms with Crippen molar-refractivity contribution in [1.82, 2.24) is 9.78 Å². The van der Waals surface area contributed by atoms with E-state index in [0.717, 1.165) is 23.4 Å². The maximum atomic E-state index is 12.4. The summed E-state index contributed by atoms with van der Waals surface area (Å²) in [6.07, 6.45) is 0.722. The molecule has 90 valence electrons. The van der Waals surface area contributed by atoms with E-state index in [4.69, 9.17) is 5.73 Å².